The zero-order chi connectivity index (χ0) is 13.8. The lowest BCUT2D eigenvalue weighted by Crippen LogP contribution is -2.08. The molecule has 0 unspecified atom stereocenters. The smallest absolute Gasteiger partial charge is 0.343 e. The minimum absolute atomic E-state index is 0.0862. The van der Waals surface area contributed by atoms with Gasteiger partial charge in [-0.05, 0) is 18.2 Å². The van der Waals surface area contributed by atoms with Crippen LogP contribution in [0.1, 0.15) is 10.4 Å². The number of halogens is 1. The van der Waals surface area contributed by atoms with Crippen molar-refractivity contribution in [3.63, 3.8) is 0 Å². The van der Waals surface area contributed by atoms with Gasteiger partial charge in [0.2, 0.25) is 5.82 Å². The summed E-state index contributed by atoms with van der Waals surface area (Å²) in [5.74, 6) is -1.80. The van der Waals surface area contributed by atoms with Gasteiger partial charge < -0.3 is 4.74 Å². The third-order valence-electron chi connectivity index (χ3n) is 2.34. The van der Waals surface area contributed by atoms with E-state index in [0.717, 1.165) is 12.1 Å². The Bertz CT molecular complexity index is 628. The Morgan fingerprint density at radius 2 is 1.84 bits per heavy atom. The summed E-state index contributed by atoms with van der Waals surface area (Å²) in [5, 5.41) is 10.4. The molecule has 0 fully saturated rings. The molecule has 0 N–H and O–H groups in total. The summed E-state index contributed by atoms with van der Waals surface area (Å²) in [5.41, 5.74) is -0.360. The molecule has 0 bridgehead atoms. The van der Waals surface area contributed by atoms with E-state index in [9.17, 15) is 19.3 Å². The SMILES string of the molecule is O=C(Oc1ccc([N+](=O)[O-])c(F)c1)c1ccccc1. The first kappa shape index (κ1) is 12.7. The first-order valence-corrected chi connectivity index (χ1v) is 5.29. The highest BCUT2D eigenvalue weighted by Gasteiger charge is 2.16. The summed E-state index contributed by atoms with van der Waals surface area (Å²) in [6.45, 7) is 0. The van der Waals surface area contributed by atoms with Crippen molar-refractivity contribution < 1.29 is 18.8 Å². The number of carbonyl (C=O) groups is 1. The molecule has 2 aromatic carbocycles. The second-order valence-corrected chi connectivity index (χ2v) is 3.63. The van der Waals surface area contributed by atoms with Gasteiger partial charge in [0.15, 0.2) is 0 Å². The quantitative estimate of drug-likeness (QED) is 0.368. The summed E-state index contributed by atoms with van der Waals surface area (Å²) in [6, 6.07) is 11.1. The van der Waals surface area contributed by atoms with Gasteiger partial charge in [0.1, 0.15) is 5.75 Å². The van der Waals surface area contributed by atoms with E-state index in [1.54, 1.807) is 30.3 Å². The monoisotopic (exact) mass is 261 g/mol. The van der Waals surface area contributed by atoms with E-state index in [1.807, 2.05) is 0 Å². The molecule has 0 aliphatic heterocycles. The molecule has 0 saturated heterocycles. The van der Waals surface area contributed by atoms with E-state index in [4.69, 9.17) is 4.74 Å². The van der Waals surface area contributed by atoms with Gasteiger partial charge >= 0.3 is 11.7 Å². The van der Waals surface area contributed by atoms with Crippen LogP contribution in [-0.4, -0.2) is 10.9 Å². The van der Waals surface area contributed by atoms with Gasteiger partial charge in [-0.2, -0.15) is 4.39 Å². The Morgan fingerprint density at radius 1 is 1.16 bits per heavy atom. The Morgan fingerprint density at radius 3 is 2.42 bits per heavy atom. The Hall–Kier alpha value is -2.76. The molecule has 0 atom stereocenters. The number of hydrogen-bond donors (Lipinski definition) is 0. The highest BCUT2D eigenvalue weighted by Crippen LogP contribution is 2.22. The van der Waals surface area contributed by atoms with Crippen LogP contribution in [0.15, 0.2) is 48.5 Å². The molecule has 0 aliphatic rings. The van der Waals surface area contributed by atoms with Crippen molar-refractivity contribution in [2.75, 3.05) is 0 Å². The molecule has 0 spiro atoms. The first-order chi connectivity index (χ1) is 9.08. The van der Waals surface area contributed by atoms with Crippen LogP contribution in [0.5, 0.6) is 5.75 Å². The van der Waals surface area contributed by atoms with Crippen LogP contribution >= 0.6 is 0 Å². The van der Waals surface area contributed by atoms with Crippen LogP contribution in [0.4, 0.5) is 10.1 Å². The van der Waals surface area contributed by atoms with Crippen LogP contribution < -0.4 is 4.74 Å². The number of nitro groups is 1. The van der Waals surface area contributed by atoms with Gasteiger partial charge in [-0.1, -0.05) is 18.2 Å². The minimum Gasteiger partial charge on any atom is -0.423 e. The molecule has 2 rings (SSSR count). The molecular formula is C13H8FNO4. The number of nitrogens with zero attached hydrogens (tertiary/aromatic N) is 1. The van der Waals surface area contributed by atoms with Crippen LogP contribution in [0.25, 0.3) is 0 Å². The summed E-state index contributed by atoms with van der Waals surface area (Å²) < 4.78 is 18.2. The number of rotatable bonds is 3. The molecule has 0 aliphatic carbocycles. The standard InChI is InChI=1S/C13H8FNO4/c14-11-8-10(6-7-12(11)15(17)18)19-13(16)9-4-2-1-3-5-9/h1-8H. The zero-order valence-electron chi connectivity index (χ0n) is 9.58. The number of hydrogen-bond acceptors (Lipinski definition) is 4. The average Bonchev–Trinajstić information content (AvgIpc) is 2.39. The summed E-state index contributed by atoms with van der Waals surface area (Å²) in [4.78, 5) is 21.3. The van der Waals surface area contributed by atoms with Gasteiger partial charge in [-0.3, -0.25) is 10.1 Å². The molecule has 5 nitrogen and oxygen atoms in total. The Labute approximate surface area is 107 Å². The lowest BCUT2D eigenvalue weighted by molar-refractivity contribution is -0.387. The van der Waals surface area contributed by atoms with Crippen molar-refractivity contribution in [3.05, 3.63) is 70.0 Å². The molecular weight excluding hydrogens is 253 g/mol. The molecule has 0 radical (unpaired) electrons. The summed E-state index contributed by atoms with van der Waals surface area (Å²) >= 11 is 0. The van der Waals surface area contributed by atoms with Gasteiger partial charge in [0.05, 0.1) is 10.5 Å². The predicted octanol–water partition coefficient (Wildman–Crippen LogP) is 2.95. The van der Waals surface area contributed by atoms with Crippen molar-refractivity contribution in [1.29, 1.82) is 0 Å². The third-order valence-corrected chi connectivity index (χ3v) is 2.34. The molecule has 19 heavy (non-hydrogen) atoms. The van der Waals surface area contributed by atoms with E-state index in [0.29, 0.717) is 5.56 Å². The molecule has 0 amide bonds. The second-order valence-electron chi connectivity index (χ2n) is 3.63. The van der Waals surface area contributed by atoms with Crippen LogP contribution in [0.3, 0.4) is 0 Å². The highest BCUT2D eigenvalue weighted by molar-refractivity contribution is 5.90. The molecule has 2 aromatic rings. The fourth-order valence-electron chi connectivity index (χ4n) is 1.44. The fraction of sp³-hybridized carbons (Fsp3) is 0. The van der Waals surface area contributed by atoms with Crippen molar-refractivity contribution in [2.45, 2.75) is 0 Å². The average molecular weight is 261 g/mol. The molecule has 0 aromatic heterocycles. The molecule has 0 heterocycles. The lowest BCUT2D eigenvalue weighted by atomic mass is 10.2. The van der Waals surface area contributed by atoms with Gasteiger partial charge in [-0.25, -0.2) is 4.79 Å². The van der Waals surface area contributed by atoms with E-state index in [1.165, 1.54) is 6.07 Å². The normalized spacial score (nSPS) is 9.95. The zero-order valence-corrected chi connectivity index (χ0v) is 9.58. The second kappa shape index (κ2) is 5.26. The number of esters is 1. The van der Waals surface area contributed by atoms with Crippen molar-refractivity contribution in [2.24, 2.45) is 0 Å². The predicted molar refractivity (Wildman–Crippen MR) is 64.5 cm³/mol. The molecule has 0 saturated carbocycles. The van der Waals surface area contributed by atoms with Crippen LogP contribution in [0, 0.1) is 15.9 Å². The Balaban J connectivity index is 2.19. The van der Waals surface area contributed by atoms with Gasteiger partial charge in [0.25, 0.3) is 0 Å². The van der Waals surface area contributed by atoms with Crippen molar-refractivity contribution >= 4 is 11.7 Å². The maximum absolute atomic E-state index is 13.3. The van der Waals surface area contributed by atoms with Gasteiger partial charge in [0, 0.05) is 12.1 Å². The third kappa shape index (κ3) is 2.92. The van der Waals surface area contributed by atoms with E-state index in [-0.39, 0.29) is 5.75 Å². The first-order valence-electron chi connectivity index (χ1n) is 5.29. The number of carbonyl (C=O) groups excluding carboxylic acids is 1. The largest absolute Gasteiger partial charge is 0.423 e. The van der Waals surface area contributed by atoms with E-state index in [2.05, 4.69) is 0 Å². The summed E-state index contributed by atoms with van der Waals surface area (Å²) in [6.07, 6.45) is 0. The maximum Gasteiger partial charge on any atom is 0.343 e. The lowest BCUT2D eigenvalue weighted by Gasteiger charge is -2.04. The number of benzene rings is 2. The summed E-state index contributed by atoms with van der Waals surface area (Å²) in [7, 11) is 0. The number of nitro benzene ring substituents is 1. The van der Waals surface area contributed by atoms with E-state index < -0.39 is 22.4 Å². The molecule has 6 heteroatoms. The number of ether oxygens (including phenoxy) is 1. The fourth-order valence-corrected chi connectivity index (χ4v) is 1.44. The topological polar surface area (TPSA) is 69.4 Å². The molecule has 96 valence electrons. The highest BCUT2D eigenvalue weighted by atomic mass is 19.1. The van der Waals surface area contributed by atoms with E-state index >= 15 is 0 Å². The van der Waals surface area contributed by atoms with Gasteiger partial charge in [-0.15, -0.1) is 0 Å². The van der Waals surface area contributed by atoms with Crippen molar-refractivity contribution in [1.82, 2.24) is 0 Å². The minimum atomic E-state index is -1.05. The van der Waals surface area contributed by atoms with Crippen molar-refractivity contribution in [3.8, 4) is 5.75 Å². The van der Waals surface area contributed by atoms with Crippen LogP contribution in [0.2, 0.25) is 0 Å². The maximum atomic E-state index is 13.3. The van der Waals surface area contributed by atoms with Crippen LogP contribution in [-0.2, 0) is 0 Å². The Kier molecular flexibility index (Phi) is 3.51.